The highest BCUT2D eigenvalue weighted by Gasteiger charge is 2.07. The highest BCUT2D eigenvalue weighted by Crippen LogP contribution is 2.10. The minimum Gasteiger partial charge on any atom is -0.381 e. The number of hydrogen-bond acceptors (Lipinski definition) is 3. The first-order valence-corrected chi connectivity index (χ1v) is 6.81. The zero-order valence-electron chi connectivity index (χ0n) is 12.2. The second-order valence-corrected chi connectivity index (χ2v) is 4.70. The van der Waals surface area contributed by atoms with Crippen LogP contribution in [-0.4, -0.2) is 31.1 Å². The Bertz CT molecular complexity index is 441. The van der Waals surface area contributed by atoms with Crippen molar-refractivity contribution >= 4 is 17.5 Å². The van der Waals surface area contributed by atoms with Crippen molar-refractivity contribution in [2.24, 2.45) is 0 Å². The van der Waals surface area contributed by atoms with Crippen molar-refractivity contribution in [3.05, 3.63) is 29.8 Å². The van der Waals surface area contributed by atoms with Crippen LogP contribution in [0, 0.1) is 0 Å². The molecule has 0 atom stereocenters. The van der Waals surface area contributed by atoms with E-state index in [1.54, 1.807) is 24.3 Å². The van der Waals surface area contributed by atoms with E-state index in [-0.39, 0.29) is 17.9 Å². The van der Waals surface area contributed by atoms with Gasteiger partial charge in [0.25, 0.3) is 5.91 Å². The summed E-state index contributed by atoms with van der Waals surface area (Å²) in [4.78, 5) is 23.3. The number of rotatable bonds is 7. The maximum atomic E-state index is 11.7. The van der Waals surface area contributed by atoms with Gasteiger partial charge in [0, 0.05) is 23.9 Å². The summed E-state index contributed by atoms with van der Waals surface area (Å²) in [7, 11) is 0. The molecule has 110 valence electrons. The molecule has 5 heteroatoms. The number of benzene rings is 1. The van der Waals surface area contributed by atoms with Gasteiger partial charge in [0.05, 0.1) is 13.0 Å². The van der Waals surface area contributed by atoms with E-state index in [4.69, 9.17) is 4.74 Å². The molecule has 0 heterocycles. The zero-order chi connectivity index (χ0) is 15.0. The first kappa shape index (κ1) is 16.2. The van der Waals surface area contributed by atoms with Crippen LogP contribution in [-0.2, 0) is 9.53 Å². The third-order valence-corrected chi connectivity index (χ3v) is 2.53. The molecule has 0 aliphatic heterocycles. The molecule has 1 aromatic carbocycles. The fraction of sp³-hybridized carbons (Fsp3) is 0.467. The van der Waals surface area contributed by atoms with Gasteiger partial charge in [-0.1, -0.05) is 0 Å². The van der Waals surface area contributed by atoms with Crippen LogP contribution < -0.4 is 10.6 Å². The number of carbonyl (C=O) groups excluding carboxylic acids is 2. The van der Waals surface area contributed by atoms with Gasteiger partial charge in [0.15, 0.2) is 0 Å². The molecule has 0 radical (unpaired) electrons. The summed E-state index contributed by atoms with van der Waals surface area (Å²) in [6.07, 6.45) is 0.323. The maximum absolute atomic E-state index is 11.7. The van der Waals surface area contributed by atoms with Gasteiger partial charge < -0.3 is 15.4 Å². The monoisotopic (exact) mass is 278 g/mol. The van der Waals surface area contributed by atoms with E-state index in [1.165, 1.54) is 0 Å². The summed E-state index contributed by atoms with van der Waals surface area (Å²) in [5.41, 5.74) is 1.25. The van der Waals surface area contributed by atoms with E-state index in [0.29, 0.717) is 30.9 Å². The van der Waals surface area contributed by atoms with Gasteiger partial charge in [-0.2, -0.15) is 0 Å². The summed E-state index contributed by atoms with van der Waals surface area (Å²) in [6.45, 7) is 6.72. The van der Waals surface area contributed by atoms with Gasteiger partial charge >= 0.3 is 0 Å². The Morgan fingerprint density at radius 2 is 1.85 bits per heavy atom. The third kappa shape index (κ3) is 5.84. The van der Waals surface area contributed by atoms with Crippen LogP contribution in [0.15, 0.2) is 24.3 Å². The van der Waals surface area contributed by atoms with E-state index >= 15 is 0 Å². The van der Waals surface area contributed by atoms with E-state index in [9.17, 15) is 9.59 Å². The number of amides is 2. The summed E-state index contributed by atoms with van der Waals surface area (Å²) in [5, 5.41) is 5.57. The van der Waals surface area contributed by atoms with Crippen molar-refractivity contribution < 1.29 is 14.3 Å². The summed E-state index contributed by atoms with van der Waals surface area (Å²) < 4.78 is 5.12. The van der Waals surface area contributed by atoms with E-state index in [0.717, 1.165) is 0 Å². The number of carbonyl (C=O) groups is 2. The Morgan fingerprint density at radius 3 is 2.40 bits per heavy atom. The quantitative estimate of drug-likeness (QED) is 0.751. The molecule has 1 aromatic rings. The zero-order valence-corrected chi connectivity index (χ0v) is 12.2. The van der Waals surface area contributed by atoms with Crippen LogP contribution >= 0.6 is 0 Å². The molecule has 2 amide bonds. The summed E-state index contributed by atoms with van der Waals surface area (Å²) >= 11 is 0. The van der Waals surface area contributed by atoms with Gasteiger partial charge in [-0.05, 0) is 45.0 Å². The van der Waals surface area contributed by atoms with Crippen molar-refractivity contribution in [2.45, 2.75) is 33.2 Å². The molecule has 0 unspecified atom stereocenters. The van der Waals surface area contributed by atoms with Crippen molar-refractivity contribution in [3.8, 4) is 0 Å². The summed E-state index contributed by atoms with van der Waals surface area (Å²) in [5.74, 6) is -0.216. The molecule has 20 heavy (non-hydrogen) atoms. The minimum absolute atomic E-state index is 0.0976. The Hall–Kier alpha value is -1.88. The van der Waals surface area contributed by atoms with Crippen LogP contribution in [0.4, 0.5) is 5.69 Å². The van der Waals surface area contributed by atoms with Gasteiger partial charge in [0.1, 0.15) is 0 Å². The van der Waals surface area contributed by atoms with E-state index in [1.807, 2.05) is 20.8 Å². The van der Waals surface area contributed by atoms with Crippen molar-refractivity contribution in [1.29, 1.82) is 0 Å². The highest BCUT2D eigenvalue weighted by atomic mass is 16.5. The average Bonchev–Trinajstić information content (AvgIpc) is 2.39. The van der Waals surface area contributed by atoms with Gasteiger partial charge in [-0.3, -0.25) is 9.59 Å². The molecule has 0 aromatic heterocycles. The molecule has 0 aliphatic carbocycles. The summed E-state index contributed by atoms with van der Waals surface area (Å²) in [6, 6.07) is 6.91. The second-order valence-electron chi connectivity index (χ2n) is 4.70. The van der Waals surface area contributed by atoms with Crippen LogP contribution in [0.1, 0.15) is 37.6 Å². The van der Waals surface area contributed by atoms with Gasteiger partial charge in [-0.25, -0.2) is 0 Å². The number of anilines is 1. The van der Waals surface area contributed by atoms with Crippen molar-refractivity contribution in [3.63, 3.8) is 0 Å². The fourth-order valence-corrected chi connectivity index (χ4v) is 1.58. The molecule has 0 spiro atoms. The lowest BCUT2D eigenvalue weighted by Crippen LogP contribution is -2.30. The predicted molar refractivity (Wildman–Crippen MR) is 78.8 cm³/mol. The lowest BCUT2D eigenvalue weighted by molar-refractivity contribution is -0.117. The van der Waals surface area contributed by atoms with E-state index < -0.39 is 0 Å². The SMILES string of the molecule is CCOCCC(=O)Nc1ccc(C(=O)NC(C)C)cc1. The van der Waals surface area contributed by atoms with Crippen LogP contribution in [0.2, 0.25) is 0 Å². The standard InChI is InChI=1S/C15H22N2O3/c1-4-20-10-9-14(18)17-13-7-5-12(6-8-13)15(19)16-11(2)3/h5-8,11H,4,9-10H2,1-3H3,(H,16,19)(H,17,18). The third-order valence-electron chi connectivity index (χ3n) is 2.53. The fourth-order valence-electron chi connectivity index (χ4n) is 1.58. The molecule has 0 bridgehead atoms. The van der Waals surface area contributed by atoms with Crippen LogP contribution in [0.3, 0.4) is 0 Å². The molecule has 2 N–H and O–H groups in total. The first-order chi connectivity index (χ1) is 9.52. The number of ether oxygens (including phenoxy) is 1. The molecule has 0 saturated carbocycles. The van der Waals surface area contributed by atoms with Crippen molar-refractivity contribution in [2.75, 3.05) is 18.5 Å². The molecule has 1 rings (SSSR count). The van der Waals surface area contributed by atoms with E-state index in [2.05, 4.69) is 10.6 Å². The minimum atomic E-state index is -0.116. The molecular formula is C15H22N2O3. The largest absolute Gasteiger partial charge is 0.381 e. The normalized spacial score (nSPS) is 10.4. The van der Waals surface area contributed by atoms with Crippen LogP contribution in [0.25, 0.3) is 0 Å². The average molecular weight is 278 g/mol. The van der Waals surface area contributed by atoms with Gasteiger partial charge in [0.2, 0.25) is 5.91 Å². The van der Waals surface area contributed by atoms with Crippen molar-refractivity contribution in [1.82, 2.24) is 5.32 Å². The molecule has 0 saturated heterocycles. The molecule has 0 aliphatic rings. The second kappa shape index (κ2) is 8.32. The molecule has 0 fully saturated rings. The maximum Gasteiger partial charge on any atom is 0.251 e. The smallest absolute Gasteiger partial charge is 0.251 e. The number of nitrogens with one attached hydrogen (secondary N) is 2. The van der Waals surface area contributed by atoms with Crippen LogP contribution in [0.5, 0.6) is 0 Å². The lowest BCUT2D eigenvalue weighted by Gasteiger charge is -2.09. The number of hydrogen-bond donors (Lipinski definition) is 2. The Balaban J connectivity index is 2.50. The first-order valence-electron chi connectivity index (χ1n) is 6.81. The topological polar surface area (TPSA) is 67.4 Å². The highest BCUT2D eigenvalue weighted by molar-refractivity contribution is 5.95. The Morgan fingerprint density at radius 1 is 1.20 bits per heavy atom. The lowest BCUT2D eigenvalue weighted by atomic mass is 10.2. The van der Waals surface area contributed by atoms with Gasteiger partial charge in [-0.15, -0.1) is 0 Å². The molecular weight excluding hydrogens is 256 g/mol. The Labute approximate surface area is 119 Å². The molecule has 5 nitrogen and oxygen atoms in total. The predicted octanol–water partition coefficient (Wildman–Crippen LogP) is 2.19. The Kier molecular flexibility index (Phi) is 6.73.